The van der Waals surface area contributed by atoms with E-state index in [0.717, 1.165) is 18.2 Å². The molecule has 0 aliphatic rings. The molecule has 2 N–H and O–H groups in total. The second-order valence-electron chi connectivity index (χ2n) is 2.69. The summed E-state index contributed by atoms with van der Waals surface area (Å²) >= 11 is 4.19. The third-order valence-electron chi connectivity index (χ3n) is 1.69. The number of carboxylic acids is 1. The first-order chi connectivity index (χ1) is 7.25. The molecule has 0 aliphatic heterocycles. The molecule has 86 valence electrons. The van der Waals surface area contributed by atoms with Gasteiger partial charge < -0.3 is 9.66 Å². The predicted octanol–water partition coefficient (Wildman–Crippen LogP) is 0.871. The van der Waals surface area contributed by atoms with Gasteiger partial charge in [0.15, 0.2) is 8.77 Å². The third kappa shape index (κ3) is 2.32. The van der Waals surface area contributed by atoms with Crippen LogP contribution in [0.3, 0.4) is 0 Å². The maximum absolute atomic E-state index is 11.2. The molecule has 9 heteroatoms. The van der Waals surface area contributed by atoms with Gasteiger partial charge in [-0.2, -0.15) is 0 Å². The van der Waals surface area contributed by atoms with E-state index in [0.29, 0.717) is 0 Å². The molecule has 0 amide bonds. The lowest BCUT2D eigenvalue weighted by atomic mass is 10.2. The lowest BCUT2D eigenvalue weighted by molar-refractivity contribution is -0.388. The van der Waals surface area contributed by atoms with Gasteiger partial charge in [-0.15, -0.1) is 0 Å². The second kappa shape index (κ2) is 4.12. The minimum Gasteiger partial charge on any atom is -0.477 e. The Morgan fingerprint density at radius 1 is 1.50 bits per heavy atom. The van der Waals surface area contributed by atoms with Crippen LogP contribution in [0.25, 0.3) is 0 Å². The van der Waals surface area contributed by atoms with E-state index in [1.165, 1.54) is 0 Å². The Hall–Kier alpha value is -1.58. The minimum absolute atomic E-state index is 0.672. The van der Waals surface area contributed by atoms with Crippen LogP contribution >= 0.6 is 0 Å². The van der Waals surface area contributed by atoms with Gasteiger partial charge in [0.25, 0.3) is 0 Å². The van der Waals surface area contributed by atoms with Crippen molar-refractivity contribution in [2.45, 2.75) is 4.90 Å². The number of carbonyl (C=O) groups is 1. The largest absolute Gasteiger partial charge is 0.477 e. The lowest BCUT2D eigenvalue weighted by Gasteiger charge is -2.03. The molecule has 0 radical (unpaired) electrons. The highest BCUT2D eigenvalue weighted by Gasteiger charge is 2.28. The maximum atomic E-state index is 11.2. The van der Waals surface area contributed by atoms with E-state index in [1.807, 2.05) is 0 Å². The van der Waals surface area contributed by atoms with E-state index in [1.54, 1.807) is 0 Å². The summed E-state index contributed by atoms with van der Waals surface area (Å²) in [5.74, 6) is -1.56. The van der Waals surface area contributed by atoms with Crippen molar-refractivity contribution in [1.82, 2.24) is 0 Å². The number of carboxylic acid groups (broad SMARTS) is 1. The van der Waals surface area contributed by atoms with E-state index in [2.05, 4.69) is 11.2 Å². The molecule has 0 aromatic heterocycles. The van der Waals surface area contributed by atoms with Crippen LogP contribution in [0.5, 0.6) is 0 Å². The average Bonchev–Trinajstić information content (AvgIpc) is 2.14. The Morgan fingerprint density at radius 3 is 2.44 bits per heavy atom. The van der Waals surface area contributed by atoms with Crippen molar-refractivity contribution < 1.29 is 23.6 Å². The van der Waals surface area contributed by atoms with Crippen molar-refractivity contribution in [3.63, 3.8) is 0 Å². The van der Waals surface area contributed by atoms with Crippen LogP contribution < -0.4 is 0 Å². The molecule has 0 heterocycles. The molecule has 0 spiro atoms. The lowest BCUT2D eigenvalue weighted by Crippen LogP contribution is -2.08. The first-order valence-corrected chi connectivity index (χ1v) is 6.17. The fourth-order valence-corrected chi connectivity index (χ4v) is 2.17. The van der Waals surface area contributed by atoms with Gasteiger partial charge >= 0.3 is 11.7 Å². The summed E-state index contributed by atoms with van der Waals surface area (Å²) in [7, 11) is -4.01. The molecular weight excluding hydrogens is 258 g/mol. The summed E-state index contributed by atoms with van der Waals surface area (Å²) in [5.41, 5.74) is -1.62. The highest BCUT2D eigenvalue weighted by molar-refractivity contribution is 8.29. The van der Waals surface area contributed by atoms with Gasteiger partial charge in [0, 0.05) is 11.2 Å². The molecule has 0 saturated heterocycles. The zero-order valence-corrected chi connectivity index (χ0v) is 9.16. The van der Waals surface area contributed by atoms with E-state index < -0.39 is 35.8 Å². The van der Waals surface area contributed by atoms with Gasteiger partial charge in [-0.3, -0.25) is 10.1 Å². The van der Waals surface area contributed by atoms with Crippen LogP contribution in [0, 0.1) is 10.1 Å². The topological polar surface area (TPSA) is 118 Å². The van der Waals surface area contributed by atoms with E-state index in [-0.39, 0.29) is 0 Å². The number of nitro benzene ring substituents is 1. The zero-order valence-electron chi connectivity index (χ0n) is 7.52. The average molecular weight is 263 g/mol. The van der Waals surface area contributed by atoms with Crippen molar-refractivity contribution in [3.05, 3.63) is 33.9 Å². The fraction of sp³-hybridized carbons (Fsp3) is 0. The van der Waals surface area contributed by atoms with Gasteiger partial charge in [0.2, 0.25) is 0 Å². The summed E-state index contributed by atoms with van der Waals surface area (Å²) in [5, 5.41) is 19.3. The van der Waals surface area contributed by atoms with Crippen molar-refractivity contribution in [1.29, 1.82) is 0 Å². The quantitative estimate of drug-likeness (QED) is 0.613. The zero-order chi connectivity index (χ0) is 12.5. The highest BCUT2D eigenvalue weighted by Crippen LogP contribution is 2.27. The molecule has 1 aromatic rings. The van der Waals surface area contributed by atoms with Gasteiger partial charge in [-0.05, 0) is 12.1 Å². The number of rotatable bonds is 3. The molecule has 0 aliphatic carbocycles. The van der Waals surface area contributed by atoms with Crippen LogP contribution in [0.1, 0.15) is 10.4 Å². The van der Waals surface area contributed by atoms with Crippen molar-refractivity contribution >= 4 is 31.6 Å². The number of aromatic carboxylic acids is 1. The van der Waals surface area contributed by atoms with Crippen LogP contribution in [-0.2, 0) is 20.0 Å². The molecule has 0 bridgehead atoms. The van der Waals surface area contributed by atoms with E-state index in [4.69, 9.17) is 9.66 Å². The first kappa shape index (κ1) is 12.5. The Labute approximate surface area is 94.4 Å². The second-order valence-corrected chi connectivity index (χ2v) is 5.44. The molecule has 1 aromatic carbocycles. The molecule has 0 saturated carbocycles. The SMILES string of the molecule is O=C(O)c1cccc(S(=O)(O)=S)c1[N+](=O)[O-]. The first-order valence-electron chi connectivity index (χ1n) is 3.73. The number of para-hydroxylation sites is 1. The van der Waals surface area contributed by atoms with E-state index >= 15 is 0 Å². The normalized spacial score (nSPS) is 14.1. The predicted molar refractivity (Wildman–Crippen MR) is 56.5 cm³/mol. The summed E-state index contributed by atoms with van der Waals surface area (Å²) in [6.07, 6.45) is 0. The molecule has 1 atom stereocenters. The molecule has 16 heavy (non-hydrogen) atoms. The number of nitro groups is 1. The summed E-state index contributed by atoms with van der Waals surface area (Å²) < 4.78 is 20.2. The number of benzene rings is 1. The van der Waals surface area contributed by atoms with Gasteiger partial charge in [0.05, 0.1) is 4.92 Å². The molecule has 1 unspecified atom stereocenters. The fourth-order valence-electron chi connectivity index (χ4n) is 1.09. The van der Waals surface area contributed by atoms with Crippen LogP contribution in [-0.4, -0.2) is 24.8 Å². The molecule has 0 fully saturated rings. The summed E-state index contributed by atoms with van der Waals surface area (Å²) in [4.78, 5) is 19.6. The van der Waals surface area contributed by atoms with Crippen molar-refractivity contribution in [3.8, 4) is 0 Å². The summed E-state index contributed by atoms with van der Waals surface area (Å²) in [6.45, 7) is 0. The molecule has 7 nitrogen and oxygen atoms in total. The van der Waals surface area contributed by atoms with Gasteiger partial charge in [-0.1, -0.05) is 6.07 Å². The standard InChI is InChI=1S/C7H5NO6S2/c9-7(10)4-2-1-3-5(16(13,14)15)6(4)8(11)12/h1-3H,(H,9,10)(H,13,14,15). The minimum atomic E-state index is -4.01. The van der Waals surface area contributed by atoms with Crippen molar-refractivity contribution in [2.75, 3.05) is 0 Å². The van der Waals surface area contributed by atoms with Crippen molar-refractivity contribution in [2.24, 2.45) is 0 Å². The molecule has 1 rings (SSSR count). The maximum Gasteiger partial charge on any atom is 0.342 e. The van der Waals surface area contributed by atoms with Gasteiger partial charge in [-0.25, -0.2) is 9.00 Å². The number of hydrogen-bond acceptors (Lipinski definition) is 5. The van der Waals surface area contributed by atoms with Crippen LogP contribution in [0.2, 0.25) is 0 Å². The highest BCUT2D eigenvalue weighted by atomic mass is 32.8. The van der Waals surface area contributed by atoms with E-state index in [9.17, 15) is 19.1 Å². The third-order valence-corrected chi connectivity index (χ3v) is 3.11. The summed E-state index contributed by atoms with van der Waals surface area (Å²) in [6, 6.07) is 3.04. The Balaban J connectivity index is 3.72. The number of nitrogens with zero attached hydrogens (tertiary/aromatic N) is 1. The van der Waals surface area contributed by atoms with Crippen LogP contribution in [0.4, 0.5) is 5.69 Å². The Kier molecular flexibility index (Phi) is 3.21. The van der Waals surface area contributed by atoms with Gasteiger partial charge in [0.1, 0.15) is 10.5 Å². The Morgan fingerprint density at radius 2 is 2.06 bits per heavy atom. The number of hydrogen-bond donors (Lipinski definition) is 2. The van der Waals surface area contributed by atoms with Crippen LogP contribution in [0.15, 0.2) is 23.1 Å². The molecular formula is C7H5NO6S2. The Bertz CT molecular complexity index is 564. The smallest absolute Gasteiger partial charge is 0.342 e. The monoisotopic (exact) mass is 263 g/mol.